The van der Waals surface area contributed by atoms with Crippen LogP contribution in [0.1, 0.15) is 37.7 Å². The van der Waals surface area contributed by atoms with E-state index >= 15 is 0 Å². The molecular formula is C20H25N3O4. The van der Waals surface area contributed by atoms with E-state index in [1.165, 1.54) is 19.3 Å². The van der Waals surface area contributed by atoms with Crippen LogP contribution in [0.25, 0.3) is 10.9 Å². The van der Waals surface area contributed by atoms with Crippen LogP contribution in [0.2, 0.25) is 0 Å². The summed E-state index contributed by atoms with van der Waals surface area (Å²) in [6.45, 7) is 1.45. The molecule has 2 aromatic rings. The number of urea groups is 1. The molecule has 2 heterocycles. The summed E-state index contributed by atoms with van der Waals surface area (Å²) in [5.41, 5.74) is 1.21. The zero-order valence-corrected chi connectivity index (χ0v) is 15.3. The minimum atomic E-state index is -0.154. The van der Waals surface area contributed by atoms with Crippen molar-refractivity contribution < 1.29 is 14.3 Å². The predicted octanol–water partition coefficient (Wildman–Crippen LogP) is 2.47. The minimum absolute atomic E-state index is 0.145. The van der Waals surface area contributed by atoms with Crippen molar-refractivity contribution in [2.45, 2.75) is 44.6 Å². The third-order valence-electron chi connectivity index (χ3n) is 5.20. The largest absolute Gasteiger partial charge is 0.486 e. The SMILES string of the molecule is O=C(NCCc1cc2cc3c(cc2[nH]c1=O)OCCO3)NC1CCCCC1. The number of carbonyl (C=O) groups excluding carboxylic acids is 1. The molecule has 1 aliphatic heterocycles. The molecule has 1 aromatic carbocycles. The highest BCUT2D eigenvalue weighted by atomic mass is 16.6. The molecule has 27 heavy (non-hydrogen) atoms. The summed E-state index contributed by atoms with van der Waals surface area (Å²) in [5.74, 6) is 1.34. The number of aromatic nitrogens is 1. The fraction of sp³-hybridized carbons (Fsp3) is 0.500. The monoisotopic (exact) mass is 371 g/mol. The third-order valence-corrected chi connectivity index (χ3v) is 5.20. The predicted molar refractivity (Wildman–Crippen MR) is 103 cm³/mol. The smallest absolute Gasteiger partial charge is 0.315 e. The summed E-state index contributed by atoms with van der Waals surface area (Å²) in [7, 11) is 0. The number of carbonyl (C=O) groups is 1. The van der Waals surface area contributed by atoms with Crippen molar-refractivity contribution in [2.75, 3.05) is 19.8 Å². The van der Waals surface area contributed by atoms with Gasteiger partial charge in [0.25, 0.3) is 5.56 Å². The first-order valence-electron chi connectivity index (χ1n) is 9.69. The van der Waals surface area contributed by atoms with Gasteiger partial charge in [0.2, 0.25) is 0 Å². The van der Waals surface area contributed by atoms with Gasteiger partial charge in [-0.05, 0) is 31.4 Å². The summed E-state index contributed by atoms with van der Waals surface area (Å²) in [4.78, 5) is 27.3. The number of hydrogen-bond acceptors (Lipinski definition) is 4. The van der Waals surface area contributed by atoms with E-state index < -0.39 is 0 Å². The molecule has 0 saturated heterocycles. The maximum absolute atomic E-state index is 12.3. The molecule has 0 atom stereocenters. The molecule has 1 fully saturated rings. The van der Waals surface area contributed by atoms with Crippen LogP contribution < -0.4 is 25.7 Å². The van der Waals surface area contributed by atoms with Gasteiger partial charge in [-0.25, -0.2) is 4.79 Å². The molecule has 7 heteroatoms. The number of amides is 2. The summed E-state index contributed by atoms with van der Waals surface area (Å²) in [5, 5.41) is 6.76. The van der Waals surface area contributed by atoms with Gasteiger partial charge in [0, 0.05) is 29.6 Å². The molecule has 0 radical (unpaired) electrons. The number of rotatable bonds is 4. The first kappa shape index (κ1) is 17.7. The Morgan fingerprint density at radius 3 is 2.59 bits per heavy atom. The molecule has 0 bridgehead atoms. The second-order valence-electron chi connectivity index (χ2n) is 7.19. The molecule has 3 N–H and O–H groups in total. The number of pyridine rings is 1. The van der Waals surface area contributed by atoms with Gasteiger partial charge in [-0.15, -0.1) is 0 Å². The van der Waals surface area contributed by atoms with Gasteiger partial charge in [-0.3, -0.25) is 4.79 Å². The Morgan fingerprint density at radius 2 is 1.81 bits per heavy atom. The lowest BCUT2D eigenvalue weighted by molar-refractivity contribution is 0.172. The Bertz CT molecular complexity index is 887. The van der Waals surface area contributed by atoms with Crippen LogP contribution in [-0.4, -0.2) is 36.8 Å². The van der Waals surface area contributed by atoms with Gasteiger partial charge in [-0.1, -0.05) is 19.3 Å². The lowest BCUT2D eigenvalue weighted by Crippen LogP contribution is -2.43. The van der Waals surface area contributed by atoms with Crippen LogP contribution in [0.15, 0.2) is 23.0 Å². The lowest BCUT2D eigenvalue weighted by atomic mass is 9.96. The lowest BCUT2D eigenvalue weighted by Gasteiger charge is -2.22. The van der Waals surface area contributed by atoms with Gasteiger partial charge in [0.05, 0.1) is 5.52 Å². The van der Waals surface area contributed by atoms with E-state index in [1.807, 2.05) is 12.1 Å². The van der Waals surface area contributed by atoms with Crippen LogP contribution in [-0.2, 0) is 6.42 Å². The first-order chi connectivity index (χ1) is 13.2. The zero-order chi connectivity index (χ0) is 18.6. The highest BCUT2D eigenvalue weighted by Gasteiger charge is 2.16. The topological polar surface area (TPSA) is 92.5 Å². The fourth-order valence-electron chi connectivity index (χ4n) is 3.77. The zero-order valence-electron chi connectivity index (χ0n) is 15.3. The Kier molecular flexibility index (Phi) is 5.18. The summed E-state index contributed by atoms with van der Waals surface area (Å²) >= 11 is 0. The molecule has 7 nitrogen and oxygen atoms in total. The molecule has 4 rings (SSSR count). The van der Waals surface area contributed by atoms with E-state index in [0.29, 0.717) is 43.2 Å². The van der Waals surface area contributed by atoms with E-state index in [9.17, 15) is 9.59 Å². The van der Waals surface area contributed by atoms with Gasteiger partial charge in [0.1, 0.15) is 13.2 Å². The number of fused-ring (bicyclic) bond motifs is 2. The molecule has 1 aromatic heterocycles. The molecular weight excluding hydrogens is 346 g/mol. The Morgan fingerprint density at radius 1 is 1.07 bits per heavy atom. The van der Waals surface area contributed by atoms with Crippen molar-refractivity contribution in [1.29, 1.82) is 0 Å². The number of benzene rings is 1. The summed E-state index contributed by atoms with van der Waals surface area (Å²) in [6, 6.07) is 5.65. The van der Waals surface area contributed by atoms with Crippen molar-refractivity contribution in [2.24, 2.45) is 0 Å². The molecule has 2 aliphatic rings. The molecule has 144 valence electrons. The van der Waals surface area contributed by atoms with E-state index in [-0.39, 0.29) is 17.6 Å². The maximum Gasteiger partial charge on any atom is 0.315 e. The van der Waals surface area contributed by atoms with Crippen molar-refractivity contribution in [3.63, 3.8) is 0 Å². The molecule has 0 unspecified atom stereocenters. The fourth-order valence-corrected chi connectivity index (χ4v) is 3.77. The van der Waals surface area contributed by atoms with Crippen molar-refractivity contribution in [3.8, 4) is 11.5 Å². The second-order valence-corrected chi connectivity index (χ2v) is 7.19. The Labute approximate surface area is 157 Å². The highest BCUT2D eigenvalue weighted by Crippen LogP contribution is 2.33. The Balaban J connectivity index is 1.39. The Hall–Kier alpha value is -2.70. The van der Waals surface area contributed by atoms with Crippen LogP contribution in [0.5, 0.6) is 11.5 Å². The van der Waals surface area contributed by atoms with Crippen LogP contribution >= 0.6 is 0 Å². The third kappa shape index (κ3) is 4.18. The number of hydrogen-bond donors (Lipinski definition) is 3. The van der Waals surface area contributed by atoms with Crippen molar-refractivity contribution in [3.05, 3.63) is 34.1 Å². The van der Waals surface area contributed by atoms with Crippen LogP contribution in [0, 0.1) is 0 Å². The standard InChI is InChI=1S/C20H25N3O4/c24-19-13(6-7-21-20(25)22-15-4-2-1-3-5-15)10-14-11-17-18(12-16(14)23-19)27-9-8-26-17/h10-12,15H,1-9H2,(H,23,24)(H2,21,22,25). The van der Waals surface area contributed by atoms with Gasteiger partial charge >= 0.3 is 6.03 Å². The summed E-state index contributed by atoms with van der Waals surface area (Å²) < 4.78 is 11.2. The van der Waals surface area contributed by atoms with Gasteiger partial charge < -0.3 is 25.1 Å². The maximum atomic E-state index is 12.3. The molecule has 1 saturated carbocycles. The second kappa shape index (κ2) is 7.90. The van der Waals surface area contributed by atoms with Gasteiger partial charge in [0.15, 0.2) is 11.5 Å². The van der Waals surface area contributed by atoms with E-state index in [2.05, 4.69) is 15.6 Å². The van der Waals surface area contributed by atoms with Crippen molar-refractivity contribution >= 4 is 16.9 Å². The highest BCUT2D eigenvalue weighted by molar-refractivity contribution is 5.83. The number of nitrogens with one attached hydrogen (secondary N) is 3. The minimum Gasteiger partial charge on any atom is -0.486 e. The number of H-pyrrole nitrogens is 1. The normalized spacial score (nSPS) is 16.9. The molecule has 0 spiro atoms. The number of aromatic amines is 1. The average Bonchev–Trinajstić information content (AvgIpc) is 2.68. The van der Waals surface area contributed by atoms with E-state index in [1.54, 1.807) is 6.07 Å². The van der Waals surface area contributed by atoms with E-state index in [0.717, 1.165) is 23.7 Å². The van der Waals surface area contributed by atoms with Crippen LogP contribution in [0.4, 0.5) is 4.79 Å². The average molecular weight is 371 g/mol. The number of ether oxygens (including phenoxy) is 2. The van der Waals surface area contributed by atoms with Crippen LogP contribution in [0.3, 0.4) is 0 Å². The van der Waals surface area contributed by atoms with Gasteiger partial charge in [-0.2, -0.15) is 0 Å². The van der Waals surface area contributed by atoms with E-state index in [4.69, 9.17) is 9.47 Å². The quantitative estimate of drug-likeness (QED) is 0.770. The first-order valence-corrected chi connectivity index (χ1v) is 9.69. The van der Waals surface area contributed by atoms with Crippen molar-refractivity contribution in [1.82, 2.24) is 15.6 Å². The summed E-state index contributed by atoms with van der Waals surface area (Å²) in [6.07, 6.45) is 6.18. The molecule has 2 amide bonds. The molecule has 1 aliphatic carbocycles.